The van der Waals surface area contributed by atoms with Crippen LogP contribution in [0.4, 0.5) is 0 Å². The number of benzene rings is 1. The van der Waals surface area contributed by atoms with Gasteiger partial charge < -0.3 is 4.57 Å². The monoisotopic (exact) mass is 320 g/mol. The molecule has 3 heterocycles. The van der Waals surface area contributed by atoms with Gasteiger partial charge >= 0.3 is 0 Å². The summed E-state index contributed by atoms with van der Waals surface area (Å²) in [4.78, 5) is 11.9. The topological polar surface area (TPSA) is 59.7 Å². The first kappa shape index (κ1) is 14.0. The van der Waals surface area contributed by atoms with Crippen LogP contribution in [0.25, 0.3) is 11.0 Å². The molecule has 1 aliphatic heterocycles. The summed E-state index contributed by atoms with van der Waals surface area (Å²) in [7, 11) is 0. The van der Waals surface area contributed by atoms with E-state index in [9.17, 15) is 0 Å². The molecular formula is C18H20N6. The van der Waals surface area contributed by atoms with E-state index in [2.05, 4.69) is 19.7 Å². The van der Waals surface area contributed by atoms with Crippen LogP contribution in [0.1, 0.15) is 41.8 Å². The van der Waals surface area contributed by atoms with E-state index in [1.54, 1.807) is 0 Å². The standard InChI is InChI=1S/C18H20N6/c1-12-16(20-15-5-3-2-4-14(15)19-12)10-23-8-9-24-17(11-23)21-22-18(24)13-6-7-13/h2-5,13H,6-11H2,1H3. The number of aromatic nitrogens is 5. The highest BCUT2D eigenvalue weighted by molar-refractivity contribution is 5.74. The Balaban J connectivity index is 1.39. The molecule has 6 heteroatoms. The summed E-state index contributed by atoms with van der Waals surface area (Å²) in [6.45, 7) is 5.70. The Hall–Kier alpha value is -2.34. The van der Waals surface area contributed by atoms with Crippen LogP contribution in [0.2, 0.25) is 0 Å². The van der Waals surface area contributed by atoms with Crippen LogP contribution in [-0.2, 0) is 19.6 Å². The number of nitrogens with zero attached hydrogens (tertiary/aromatic N) is 6. The van der Waals surface area contributed by atoms with Crippen molar-refractivity contribution in [2.75, 3.05) is 6.54 Å². The minimum Gasteiger partial charge on any atom is -0.312 e. The molecule has 5 rings (SSSR count). The minimum absolute atomic E-state index is 0.659. The molecule has 1 aliphatic carbocycles. The van der Waals surface area contributed by atoms with Crippen molar-refractivity contribution >= 4 is 11.0 Å². The van der Waals surface area contributed by atoms with Gasteiger partial charge in [0.1, 0.15) is 11.6 Å². The largest absolute Gasteiger partial charge is 0.312 e. The van der Waals surface area contributed by atoms with Gasteiger partial charge in [0.15, 0.2) is 0 Å². The second-order valence-corrected chi connectivity index (χ2v) is 6.86. The molecule has 0 bridgehead atoms. The Morgan fingerprint density at radius 3 is 2.62 bits per heavy atom. The zero-order valence-corrected chi connectivity index (χ0v) is 13.8. The molecule has 0 unspecified atom stereocenters. The number of hydrogen-bond acceptors (Lipinski definition) is 5. The Morgan fingerprint density at radius 2 is 1.83 bits per heavy atom. The summed E-state index contributed by atoms with van der Waals surface area (Å²) in [5.41, 5.74) is 4.00. The average Bonchev–Trinajstić information content (AvgIpc) is 3.35. The zero-order chi connectivity index (χ0) is 16.1. The third-order valence-corrected chi connectivity index (χ3v) is 5.02. The van der Waals surface area contributed by atoms with E-state index in [1.807, 2.05) is 31.2 Å². The molecule has 24 heavy (non-hydrogen) atoms. The second-order valence-electron chi connectivity index (χ2n) is 6.86. The predicted molar refractivity (Wildman–Crippen MR) is 90.4 cm³/mol. The van der Waals surface area contributed by atoms with Gasteiger partial charge in [-0.05, 0) is 31.9 Å². The van der Waals surface area contributed by atoms with Gasteiger partial charge in [-0.2, -0.15) is 0 Å². The van der Waals surface area contributed by atoms with Gasteiger partial charge in [0.05, 0.1) is 29.0 Å². The number of hydrogen-bond donors (Lipinski definition) is 0. The molecule has 122 valence electrons. The lowest BCUT2D eigenvalue weighted by Gasteiger charge is -2.27. The molecule has 0 amide bonds. The number of fused-ring (bicyclic) bond motifs is 2. The van der Waals surface area contributed by atoms with E-state index < -0.39 is 0 Å². The van der Waals surface area contributed by atoms with Crippen LogP contribution in [0.3, 0.4) is 0 Å². The maximum absolute atomic E-state index is 4.82. The van der Waals surface area contributed by atoms with Gasteiger partial charge in [-0.3, -0.25) is 4.90 Å². The number of para-hydroxylation sites is 2. The summed E-state index contributed by atoms with van der Waals surface area (Å²) in [6, 6.07) is 8.06. The van der Waals surface area contributed by atoms with Gasteiger partial charge in [0, 0.05) is 25.6 Å². The highest BCUT2D eigenvalue weighted by atomic mass is 15.3. The van der Waals surface area contributed by atoms with E-state index in [-0.39, 0.29) is 0 Å². The molecule has 0 saturated heterocycles. The fourth-order valence-corrected chi connectivity index (χ4v) is 3.50. The average molecular weight is 320 g/mol. The van der Waals surface area contributed by atoms with Crippen molar-refractivity contribution in [3.05, 3.63) is 47.3 Å². The van der Waals surface area contributed by atoms with Crippen molar-refractivity contribution in [2.45, 2.75) is 45.3 Å². The maximum atomic E-state index is 4.82. The van der Waals surface area contributed by atoms with Gasteiger partial charge in [0.25, 0.3) is 0 Å². The SMILES string of the molecule is Cc1nc2ccccc2nc1CN1CCn2c(nnc2C2CC2)C1. The quantitative estimate of drug-likeness (QED) is 0.742. The lowest BCUT2D eigenvalue weighted by Crippen LogP contribution is -2.34. The summed E-state index contributed by atoms with van der Waals surface area (Å²) in [5.74, 6) is 2.95. The van der Waals surface area contributed by atoms with Crippen LogP contribution in [0.5, 0.6) is 0 Å². The van der Waals surface area contributed by atoms with E-state index in [4.69, 9.17) is 9.97 Å². The molecular weight excluding hydrogens is 300 g/mol. The minimum atomic E-state index is 0.659. The van der Waals surface area contributed by atoms with Crippen LogP contribution < -0.4 is 0 Å². The number of rotatable bonds is 3. The van der Waals surface area contributed by atoms with Crippen LogP contribution in [0.15, 0.2) is 24.3 Å². The van der Waals surface area contributed by atoms with Crippen LogP contribution in [-0.4, -0.2) is 36.2 Å². The summed E-state index contributed by atoms with van der Waals surface area (Å²) < 4.78 is 2.33. The lowest BCUT2D eigenvalue weighted by molar-refractivity contribution is 0.204. The first-order chi connectivity index (χ1) is 11.8. The highest BCUT2D eigenvalue weighted by Crippen LogP contribution is 2.39. The molecule has 1 aromatic carbocycles. The smallest absolute Gasteiger partial charge is 0.147 e. The van der Waals surface area contributed by atoms with Crippen molar-refractivity contribution < 1.29 is 0 Å². The van der Waals surface area contributed by atoms with Gasteiger partial charge in [0.2, 0.25) is 0 Å². The fraction of sp³-hybridized carbons (Fsp3) is 0.444. The van der Waals surface area contributed by atoms with Crippen molar-refractivity contribution in [1.82, 2.24) is 29.6 Å². The lowest BCUT2D eigenvalue weighted by atomic mass is 10.2. The molecule has 1 fully saturated rings. The van der Waals surface area contributed by atoms with Crippen molar-refractivity contribution in [1.29, 1.82) is 0 Å². The van der Waals surface area contributed by atoms with E-state index in [0.29, 0.717) is 5.92 Å². The second kappa shape index (κ2) is 5.34. The Bertz CT molecular complexity index is 911. The molecule has 2 aromatic heterocycles. The summed E-state index contributed by atoms with van der Waals surface area (Å²) in [5, 5.41) is 8.84. The van der Waals surface area contributed by atoms with Crippen LogP contribution >= 0.6 is 0 Å². The molecule has 6 nitrogen and oxygen atoms in total. The van der Waals surface area contributed by atoms with Crippen molar-refractivity contribution in [3.63, 3.8) is 0 Å². The van der Waals surface area contributed by atoms with Gasteiger partial charge in [-0.25, -0.2) is 9.97 Å². The third-order valence-electron chi connectivity index (χ3n) is 5.02. The van der Waals surface area contributed by atoms with Crippen molar-refractivity contribution in [3.8, 4) is 0 Å². The maximum Gasteiger partial charge on any atom is 0.147 e. The summed E-state index contributed by atoms with van der Waals surface area (Å²) in [6.07, 6.45) is 2.54. The molecule has 2 aliphatic rings. The molecule has 0 radical (unpaired) electrons. The molecule has 0 spiro atoms. The van der Waals surface area contributed by atoms with Gasteiger partial charge in [-0.15, -0.1) is 10.2 Å². The Morgan fingerprint density at radius 1 is 1.04 bits per heavy atom. The van der Waals surface area contributed by atoms with Crippen LogP contribution in [0, 0.1) is 6.92 Å². The predicted octanol–water partition coefficient (Wildman–Crippen LogP) is 2.42. The number of aryl methyl sites for hydroxylation is 1. The normalized spacial score (nSPS) is 18.0. The molecule has 1 saturated carbocycles. The first-order valence-electron chi connectivity index (χ1n) is 8.64. The third kappa shape index (κ3) is 2.38. The van der Waals surface area contributed by atoms with E-state index in [0.717, 1.165) is 54.4 Å². The van der Waals surface area contributed by atoms with E-state index in [1.165, 1.54) is 18.7 Å². The first-order valence-corrected chi connectivity index (χ1v) is 8.64. The fourth-order valence-electron chi connectivity index (χ4n) is 3.50. The Kier molecular flexibility index (Phi) is 3.13. The molecule has 0 atom stereocenters. The molecule has 0 N–H and O–H groups in total. The zero-order valence-electron chi connectivity index (χ0n) is 13.8. The Labute approximate surface area is 140 Å². The highest BCUT2D eigenvalue weighted by Gasteiger charge is 2.32. The van der Waals surface area contributed by atoms with Crippen molar-refractivity contribution in [2.24, 2.45) is 0 Å². The van der Waals surface area contributed by atoms with E-state index >= 15 is 0 Å². The summed E-state index contributed by atoms with van der Waals surface area (Å²) >= 11 is 0. The molecule has 3 aromatic rings. The van der Waals surface area contributed by atoms with Gasteiger partial charge in [-0.1, -0.05) is 12.1 Å².